The first-order valence-corrected chi connectivity index (χ1v) is 6.28. The third-order valence-electron chi connectivity index (χ3n) is 2.48. The van der Waals surface area contributed by atoms with E-state index in [0.717, 1.165) is 24.1 Å². The first-order chi connectivity index (χ1) is 7.15. The van der Waals surface area contributed by atoms with Crippen molar-refractivity contribution in [1.29, 1.82) is 0 Å². The number of hydrogen-bond acceptors (Lipinski definition) is 5. The average Bonchev–Trinajstić information content (AvgIpc) is 2.90. The molecule has 2 N–H and O–H groups in total. The van der Waals surface area contributed by atoms with E-state index in [-0.39, 0.29) is 0 Å². The molecule has 0 saturated heterocycles. The van der Waals surface area contributed by atoms with Crippen molar-refractivity contribution < 1.29 is 0 Å². The Labute approximate surface area is 94.5 Å². The van der Waals surface area contributed by atoms with Crippen molar-refractivity contribution in [1.82, 2.24) is 15.1 Å². The molecule has 1 saturated carbocycles. The van der Waals surface area contributed by atoms with E-state index in [1.807, 2.05) is 0 Å². The van der Waals surface area contributed by atoms with E-state index in [4.69, 9.17) is 5.73 Å². The van der Waals surface area contributed by atoms with Crippen LogP contribution in [0, 0.1) is 5.92 Å². The number of rotatable bonds is 5. The summed E-state index contributed by atoms with van der Waals surface area (Å²) in [5.74, 6) is 0.705. The molecule has 1 aliphatic rings. The van der Waals surface area contributed by atoms with Gasteiger partial charge in [-0.2, -0.15) is 0 Å². The molecule has 0 bridgehead atoms. The van der Waals surface area contributed by atoms with Crippen molar-refractivity contribution in [3.63, 3.8) is 0 Å². The molecule has 5 heteroatoms. The monoisotopic (exact) mass is 226 g/mol. The third-order valence-corrected chi connectivity index (χ3v) is 3.22. The lowest BCUT2D eigenvalue weighted by atomic mass is 10.2. The van der Waals surface area contributed by atoms with Crippen molar-refractivity contribution in [2.75, 3.05) is 12.3 Å². The predicted molar refractivity (Wildman–Crippen MR) is 62.6 cm³/mol. The fourth-order valence-electron chi connectivity index (χ4n) is 1.76. The molecule has 1 fully saturated rings. The highest BCUT2D eigenvalue weighted by atomic mass is 32.1. The average molecular weight is 226 g/mol. The molecule has 0 radical (unpaired) electrons. The molecule has 2 rings (SSSR count). The highest BCUT2D eigenvalue weighted by Gasteiger charge is 2.29. The SMILES string of the molecule is CC(C)CN(Cc1nnc(N)s1)C1CC1. The van der Waals surface area contributed by atoms with Crippen LogP contribution in [0.5, 0.6) is 0 Å². The van der Waals surface area contributed by atoms with Crippen LogP contribution in [-0.2, 0) is 6.54 Å². The lowest BCUT2D eigenvalue weighted by Crippen LogP contribution is -2.29. The molecular formula is C10H18N4S. The summed E-state index contributed by atoms with van der Waals surface area (Å²) in [6, 6.07) is 0.775. The number of anilines is 1. The Hall–Kier alpha value is -0.680. The zero-order chi connectivity index (χ0) is 10.8. The fraction of sp³-hybridized carbons (Fsp3) is 0.800. The normalized spacial score (nSPS) is 16.5. The van der Waals surface area contributed by atoms with E-state index in [2.05, 4.69) is 28.9 Å². The van der Waals surface area contributed by atoms with Gasteiger partial charge in [0.15, 0.2) is 0 Å². The van der Waals surface area contributed by atoms with Crippen molar-refractivity contribution in [3.05, 3.63) is 5.01 Å². The summed E-state index contributed by atoms with van der Waals surface area (Å²) in [6.07, 6.45) is 2.67. The van der Waals surface area contributed by atoms with Crippen molar-refractivity contribution in [2.45, 2.75) is 39.3 Å². The van der Waals surface area contributed by atoms with Gasteiger partial charge >= 0.3 is 0 Å². The van der Waals surface area contributed by atoms with Crippen LogP contribution in [0.4, 0.5) is 5.13 Å². The molecule has 0 atom stereocenters. The lowest BCUT2D eigenvalue weighted by molar-refractivity contribution is 0.225. The number of aromatic nitrogens is 2. The van der Waals surface area contributed by atoms with E-state index in [1.165, 1.54) is 24.2 Å². The Kier molecular flexibility index (Phi) is 3.21. The second-order valence-electron chi connectivity index (χ2n) is 4.59. The molecule has 1 aromatic heterocycles. The molecule has 84 valence electrons. The van der Waals surface area contributed by atoms with Gasteiger partial charge in [-0.05, 0) is 18.8 Å². The Morgan fingerprint density at radius 2 is 2.20 bits per heavy atom. The highest BCUT2D eigenvalue weighted by molar-refractivity contribution is 7.15. The molecule has 0 unspecified atom stereocenters. The maximum atomic E-state index is 5.57. The van der Waals surface area contributed by atoms with Crippen LogP contribution in [-0.4, -0.2) is 27.7 Å². The summed E-state index contributed by atoms with van der Waals surface area (Å²) < 4.78 is 0. The van der Waals surface area contributed by atoms with E-state index < -0.39 is 0 Å². The summed E-state index contributed by atoms with van der Waals surface area (Å²) >= 11 is 1.50. The molecule has 0 spiro atoms. The predicted octanol–water partition coefficient (Wildman–Crippen LogP) is 1.74. The lowest BCUT2D eigenvalue weighted by Gasteiger charge is -2.22. The van der Waals surface area contributed by atoms with Gasteiger partial charge in [0.2, 0.25) is 5.13 Å². The van der Waals surface area contributed by atoms with Gasteiger partial charge in [0.1, 0.15) is 5.01 Å². The van der Waals surface area contributed by atoms with Gasteiger partial charge in [-0.1, -0.05) is 25.2 Å². The number of hydrogen-bond donors (Lipinski definition) is 1. The second-order valence-corrected chi connectivity index (χ2v) is 5.68. The van der Waals surface area contributed by atoms with Gasteiger partial charge in [-0.25, -0.2) is 0 Å². The molecule has 0 aliphatic heterocycles. The van der Waals surface area contributed by atoms with Crippen molar-refractivity contribution in [3.8, 4) is 0 Å². The van der Waals surface area contributed by atoms with Gasteiger partial charge in [-0.15, -0.1) is 10.2 Å². The maximum absolute atomic E-state index is 5.57. The smallest absolute Gasteiger partial charge is 0.203 e. The minimum Gasteiger partial charge on any atom is -0.374 e. The topological polar surface area (TPSA) is 55.0 Å². The van der Waals surface area contributed by atoms with Crippen LogP contribution in [0.3, 0.4) is 0 Å². The third kappa shape index (κ3) is 3.14. The maximum Gasteiger partial charge on any atom is 0.203 e. The van der Waals surface area contributed by atoms with Crippen LogP contribution in [0.15, 0.2) is 0 Å². The molecule has 0 aromatic carbocycles. The Morgan fingerprint density at radius 3 is 2.67 bits per heavy atom. The standard InChI is InChI=1S/C10H18N4S/c1-7(2)5-14(8-3-4-8)6-9-12-13-10(11)15-9/h7-8H,3-6H2,1-2H3,(H2,11,13). The van der Waals surface area contributed by atoms with Gasteiger partial charge in [0.25, 0.3) is 0 Å². The molecular weight excluding hydrogens is 208 g/mol. The van der Waals surface area contributed by atoms with E-state index in [9.17, 15) is 0 Å². The Bertz CT molecular complexity index is 319. The van der Waals surface area contributed by atoms with Gasteiger partial charge in [0, 0.05) is 12.6 Å². The molecule has 4 nitrogen and oxygen atoms in total. The zero-order valence-electron chi connectivity index (χ0n) is 9.31. The quantitative estimate of drug-likeness (QED) is 0.831. The van der Waals surface area contributed by atoms with E-state index in [1.54, 1.807) is 0 Å². The minimum absolute atomic E-state index is 0.574. The van der Waals surface area contributed by atoms with Crippen molar-refractivity contribution in [2.24, 2.45) is 5.92 Å². The Morgan fingerprint density at radius 1 is 1.47 bits per heavy atom. The van der Waals surface area contributed by atoms with E-state index >= 15 is 0 Å². The van der Waals surface area contributed by atoms with Crippen LogP contribution < -0.4 is 5.73 Å². The number of nitrogens with zero attached hydrogens (tertiary/aromatic N) is 3. The molecule has 15 heavy (non-hydrogen) atoms. The highest BCUT2D eigenvalue weighted by Crippen LogP contribution is 2.29. The molecule has 0 amide bonds. The number of nitrogens with two attached hydrogens (primary N) is 1. The summed E-state index contributed by atoms with van der Waals surface area (Å²) in [5.41, 5.74) is 5.57. The minimum atomic E-state index is 0.574. The zero-order valence-corrected chi connectivity index (χ0v) is 10.1. The summed E-state index contributed by atoms with van der Waals surface area (Å²) in [4.78, 5) is 2.50. The fourth-order valence-corrected chi connectivity index (χ4v) is 2.39. The first kappa shape index (κ1) is 10.8. The van der Waals surface area contributed by atoms with E-state index in [0.29, 0.717) is 11.0 Å². The number of nitrogen functional groups attached to an aromatic ring is 1. The first-order valence-electron chi connectivity index (χ1n) is 5.47. The molecule has 1 aromatic rings. The largest absolute Gasteiger partial charge is 0.374 e. The van der Waals surface area contributed by atoms with Gasteiger partial charge < -0.3 is 5.73 Å². The summed E-state index contributed by atoms with van der Waals surface area (Å²) in [7, 11) is 0. The van der Waals surface area contributed by atoms with Crippen molar-refractivity contribution >= 4 is 16.5 Å². The van der Waals surface area contributed by atoms with Gasteiger partial charge in [-0.3, -0.25) is 4.90 Å². The van der Waals surface area contributed by atoms with Crippen LogP contribution >= 0.6 is 11.3 Å². The van der Waals surface area contributed by atoms with Crippen LogP contribution in [0.25, 0.3) is 0 Å². The van der Waals surface area contributed by atoms with Crippen LogP contribution in [0.1, 0.15) is 31.7 Å². The molecule has 1 aliphatic carbocycles. The molecule has 1 heterocycles. The van der Waals surface area contributed by atoms with Gasteiger partial charge in [0.05, 0.1) is 6.54 Å². The second kappa shape index (κ2) is 4.45. The summed E-state index contributed by atoms with van der Waals surface area (Å²) in [6.45, 7) is 6.57. The summed E-state index contributed by atoms with van der Waals surface area (Å²) in [5, 5.41) is 9.54. The van der Waals surface area contributed by atoms with Crippen LogP contribution in [0.2, 0.25) is 0 Å². The Balaban J connectivity index is 1.94.